The van der Waals surface area contributed by atoms with Crippen LogP contribution in [0, 0.1) is 5.92 Å². The van der Waals surface area contributed by atoms with Gasteiger partial charge in [0.05, 0.1) is 0 Å². The number of amides is 1. The highest BCUT2D eigenvalue weighted by Crippen LogP contribution is 2.27. The number of carbonyl (C=O) groups excluding carboxylic acids is 1. The molecular weight excluding hydrogens is 236 g/mol. The molecule has 1 aliphatic rings. The van der Waals surface area contributed by atoms with E-state index in [9.17, 15) is 4.79 Å². The summed E-state index contributed by atoms with van der Waals surface area (Å²) in [6.07, 6.45) is 5.12. The topological polar surface area (TPSA) is 41.1 Å². The second-order valence-electron chi connectivity index (χ2n) is 5.41. The van der Waals surface area contributed by atoms with Crippen molar-refractivity contribution >= 4 is 11.6 Å². The molecule has 3 nitrogen and oxygen atoms in total. The van der Waals surface area contributed by atoms with Crippen molar-refractivity contribution in [1.82, 2.24) is 5.32 Å². The van der Waals surface area contributed by atoms with E-state index in [2.05, 4.69) is 24.5 Å². The standard InChI is InChI=1S/C16H24N2O/c1-3-17-15-10-8-14(9-11-15)16(19)18-12(2)13-6-4-5-7-13/h8-13,17H,3-7H2,1-2H3,(H,18,19). The smallest absolute Gasteiger partial charge is 0.251 e. The first kappa shape index (κ1) is 13.9. The average molecular weight is 260 g/mol. The van der Waals surface area contributed by atoms with Gasteiger partial charge in [-0.3, -0.25) is 4.79 Å². The Kier molecular flexibility index (Phi) is 4.83. The van der Waals surface area contributed by atoms with Crippen molar-refractivity contribution in [3.8, 4) is 0 Å². The highest BCUT2D eigenvalue weighted by molar-refractivity contribution is 5.94. The minimum absolute atomic E-state index is 0.0439. The van der Waals surface area contributed by atoms with Crippen molar-refractivity contribution < 1.29 is 4.79 Å². The first-order chi connectivity index (χ1) is 9.20. The Balaban J connectivity index is 1.91. The third-order valence-corrected chi connectivity index (χ3v) is 3.99. The third-order valence-electron chi connectivity index (χ3n) is 3.99. The normalized spacial score (nSPS) is 17.2. The number of hydrogen-bond donors (Lipinski definition) is 2. The number of rotatable bonds is 5. The Bertz CT molecular complexity index is 407. The van der Waals surface area contributed by atoms with Crippen LogP contribution in [0.15, 0.2) is 24.3 Å². The van der Waals surface area contributed by atoms with Crippen LogP contribution in [0.1, 0.15) is 49.9 Å². The maximum atomic E-state index is 12.1. The molecule has 0 aliphatic heterocycles. The Morgan fingerprint density at radius 2 is 1.89 bits per heavy atom. The van der Waals surface area contributed by atoms with Gasteiger partial charge in [-0.05, 0) is 56.9 Å². The van der Waals surface area contributed by atoms with E-state index in [4.69, 9.17) is 0 Å². The van der Waals surface area contributed by atoms with Crippen molar-refractivity contribution in [3.05, 3.63) is 29.8 Å². The zero-order chi connectivity index (χ0) is 13.7. The number of nitrogens with one attached hydrogen (secondary N) is 2. The number of carbonyl (C=O) groups is 1. The Morgan fingerprint density at radius 1 is 1.26 bits per heavy atom. The molecule has 1 aromatic carbocycles. The van der Waals surface area contributed by atoms with Gasteiger partial charge in [0, 0.05) is 23.8 Å². The maximum Gasteiger partial charge on any atom is 0.251 e. The summed E-state index contributed by atoms with van der Waals surface area (Å²) in [7, 11) is 0. The van der Waals surface area contributed by atoms with E-state index < -0.39 is 0 Å². The van der Waals surface area contributed by atoms with E-state index in [1.807, 2.05) is 24.3 Å². The van der Waals surface area contributed by atoms with E-state index in [0.29, 0.717) is 5.92 Å². The van der Waals surface area contributed by atoms with Crippen LogP contribution in [0.25, 0.3) is 0 Å². The quantitative estimate of drug-likeness (QED) is 0.851. The largest absolute Gasteiger partial charge is 0.385 e. The molecule has 0 bridgehead atoms. The lowest BCUT2D eigenvalue weighted by Crippen LogP contribution is -2.37. The summed E-state index contributed by atoms with van der Waals surface area (Å²) in [5, 5.41) is 6.36. The molecule has 0 radical (unpaired) electrons. The lowest BCUT2D eigenvalue weighted by atomic mass is 9.99. The van der Waals surface area contributed by atoms with Gasteiger partial charge in [0.15, 0.2) is 0 Å². The molecule has 1 saturated carbocycles. The van der Waals surface area contributed by atoms with Gasteiger partial charge >= 0.3 is 0 Å². The molecule has 0 aromatic heterocycles. The number of hydrogen-bond acceptors (Lipinski definition) is 2. The van der Waals surface area contributed by atoms with Gasteiger partial charge in [0.1, 0.15) is 0 Å². The molecule has 2 rings (SSSR count). The van der Waals surface area contributed by atoms with E-state index in [1.54, 1.807) is 0 Å². The highest BCUT2D eigenvalue weighted by Gasteiger charge is 2.22. The first-order valence-corrected chi connectivity index (χ1v) is 7.35. The van der Waals surface area contributed by atoms with Crippen LogP contribution in [0.5, 0.6) is 0 Å². The fraction of sp³-hybridized carbons (Fsp3) is 0.562. The third kappa shape index (κ3) is 3.72. The van der Waals surface area contributed by atoms with Gasteiger partial charge in [-0.25, -0.2) is 0 Å². The Labute approximate surface area is 115 Å². The molecule has 104 valence electrons. The summed E-state index contributed by atoms with van der Waals surface area (Å²) < 4.78 is 0. The van der Waals surface area contributed by atoms with Gasteiger partial charge in [-0.15, -0.1) is 0 Å². The number of anilines is 1. The molecule has 1 aliphatic carbocycles. The second-order valence-corrected chi connectivity index (χ2v) is 5.41. The fourth-order valence-electron chi connectivity index (χ4n) is 2.81. The highest BCUT2D eigenvalue weighted by atomic mass is 16.1. The molecule has 1 aromatic rings. The first-order valence-electron chi connectivity index (χ1n) is 7.35. The summed E-state index contributed by atoms with van der Waals surface area (Å²) >= 11 is 0. The summed E-state index contributed by atoms with van der Waals surface area (Å²) in [4.78, 5) is 12.1. The van der Waals surface area contributed by atoms with Crippen LogP contribution in [-0.4, -0.2) is 18.5 Å². The van der Waals surface area contributed by atoms with E-state index in [0.717, 1.165) is 17.8 Å². The average Bonchev–Trinajstić information content (AvgIpc) is 2.94. The molecule has 1 fully saturated rings. The molecule has 19 heavy (non-hydrogen) atoms. The Morgan fingerprint density at radius 3 is 2.47 bits per heavy atom. The molecule has 0 heterocycles. The molecule has 1 atom stereocenters. The van der Waals surface area contributed by atoms with Crippen LogP contribution >= 0.6 is 0 Å². The summed E-state index contributed by atoms with van der Waals surface area (Å²) in [5.41, 5.74) is 1.80. The van der Waals surface area contributed by atoms with E-state index in [1.165, 1.54) is 25.7 Å². The van der Waals surface area contributed by atoms with Crippen LogP contribution in [0.4, 0.5) is 5.69 Å². The Hall–Kier alpha value is -1.51. The summed E-state index contributed by atoms with van der Waals surface area (Å²) in [6.45, 7) is 5.08. The van der Waals surface area contributed by atoms with Gasteiger partial charge in [-0.1, -0.05) is 12.8 Å². The molecule has 1 unspecified atom stereocenters. The van der Waals surface area contributed by atoms with Crippen molar-refractivity contribution in [2.75, 3.05) is 11.9 Å². The second kappa shape index (κ2) is 6.60. The lowest BCUT2D eigenvalue weighted by molar-refractivity contribution is 0.0927. The fourth-order valence-corrected chi connectivity index (χ4v) is 2.81. The maximum absolute atomic E-state index is 12.1. The molecule has 0 spiro atoms. The van der Waals surface area contributed by atoms with Crippen LogP contribution in [0.3, 0.4) is 0 Å². The summed E-state index contributed by atoms with van der Waals surface area (Å²) in [5.74, 6) is 0.701. The molecular formula is C16H24N2O. The SMILES string of the molecule is CCNc1ccc(C(=O)NC(C)C2CCCC2)cc1. The minimum atomic E-state index is 0.0439. The molecule has 3 heteroatoms. The van der Waals surface area contributed by atoms with Crippen LogP contribution < -0.4 is 10.6 Å². The zero-order valence-corrected chi connectivity index (χ0v) is 11.9. The molecule has 1 amide bonds. The summed E-state index contributed by atoms with van der Waals surface area (Å²) in [6, 6.07) is 7.96. The number of benzene rings is 1. The molecule has 2 N–H and O–H groups in total. The van der Waals surface area contributed by atoms with Crippen LogP contribution in [0.2, 0.25) is 0 Å². The minimum Gasteiger partial charge on any atom is -0.385 e. The predicted octanol–water partition coefficient (Wildman–Crippen LogP) is 3.43. The van der Waals surface area contributed by atoms with Crippen molar-refractivity contribution in [1.29, 1.82) is 0 Å². The van der Waals surface area contributed by atoms with Gasteiger partial charge in [-0.2, -0.15) is 0 Å². The van der Waals surface area contributed by atoms with Crippen molar-refractivity contribution in [2.24, 2.45) is 5.92 Å². The van der Waals surface area contributed by atoms with Gasteiger partial charge < -0.3 is 10.6 Å². The van der Waals surface area contributed by atoms with E-state index >= 15 is 0 Å². The van der Waals surface area contributed by atoms with Crippen LogP contribution in [-0.2, 0) is 0 Å². The van der Waals surface area contributed by atoms with Crippen molar-refractivity contribution in [3.63, 3.8) is 0 Å². The zero-order valence-electron chi connectivity index (χ0n) is 11.9. The monoisotopic (exact) mass is 260 g/mol. The van der Waals surface area contributed by atoms with Gasteiger partial charge in [0.25, 0.3) is 5.91 Å². The van der Waals surface area contributed by atoms with E-state index in [-0.39, 0.29) is 11.9 Å². The predicted molar refractivity (Wildman–Crippen MR) is 79.5 cm³/mol. The van der Waals surface area contributed by atoms with Crippen molar-refractivity contribution in [2.45, 2.75) is 45.6 Å². The lowest BCUT2D eigenvalue weighted by Gasteiger charge is -2.20. The van der Waals surface area contributed by atoms with Gasteiger partial charge in [0.2, 0.25) is 0 Å². The molecule has 0 saturated heterocycles.